The van der Waals surface area contributed by atoms with E-state index in [-0.39, 0.29) is 5.82 Å². The number of aromatic nitrogens is 3. The van der Waals surface area contributed by atoms with Crippen molar-refractivity contribution >= 4 is 35.8 Å². The SMILES string of the molecule is CC(=O)OCC1OC(OCCC(=O)OCC2OC(n3cnc(C(N)=O)n3)[C@H](O)[C@@H]2O)C(OC(C)=O)C(OC(C)=O)C1OC(C)=O. The minimum Gasteiger partial charge on any atom is -0.463 e. The van der Waals surface area contributed by atoms with Crippen LogP contribution in [0.5, 0.6) is 0 Å². The molecule has 3 rings (SSSR count). The number of hydrogen-bond acceptors (Lipinski definition) is 18. The van der Waals surface area contributed by atoms with E-state index in [1.165, 1.54) is 0 Å². The number of amides is 1. The van der Waals surface area contributed by atoms with Crippen LogP contribution in [0.4, 0.5) is 0 Å². The first-order chi connectivity index (χ1) is 21.2. The summed E-state index contributed by atoms with van der Waals surface area (Å²) in [6.45, 7) is 2.96. The number of ether oxygens (including phenoxy) is 8. The van der Waals surface area contributed by atoms with Gasteiger partial charge in [-0.3, -0.25) is 28.8 Å². The van der Waals surface area contributed by atoms with Crippen molar-refractivity contribution in [1.29, 1.82) is 0 Å². The van der Waals surface area contributed by atoms with Crippen molar-refractivity contribution in [2.45, 2.75) is 89.4 Å². The lowest BCUT2D eigenvalue weighted by atomic mass is 9.98. The number of nitrogens with two attached hydrogens (primary N) is 1. The lowest BCUT2D eigenvalue weighted by molar-refractivity contribution is -0.308. The van der Waals surface area contributed by atoms with Crippen molar-refractivity contribution in [3.05, 3.63) is 12.2 Å². The third kappa shape index (κ3) is 9.62. The third-order valence-corrected chi connectivity index (χ3v) is 6.27. The van der Waals surface area contributed by atoms with Gasteiger partial charge in [0.2, 0.25) is 5.82 Å². The lowest BCUT2D eigenvalue weighted by Gasteiger charge is -2.44. The number of rotatable bonds is 13. The van der Waals surface area contributed by atoms with Crippen molar-refractivity contribution in [2.75, 3.05) is 19.8 Å². The fraction of sp³-hybridized carbons (Fsp3) is 0.680. The Morgan fingerprint density at radius 3 is 2.00 bits per heavy atom. The summed E-state index contributed by atoms with van der Waals surface area (Å²) in [6, 6.07) is 0. The van der Waals surface area contributed by atoms with Crippen LogP contribution < -0.4 is 5.73 Å². The number of carbonyl (C=O) groups is 6. The summed E-state index contributed by atoms with van der Waals surface area (Å²) in [5, 5.41) is 24.4. The van der Waals surface area contributed by atoms with Crippen LogP contribution in [0.25, 0.3) is 0 Å². The Morgan fingerprint density at radius 2 is 1.42 bits per heavy atom. The minimum absolute atomic E-state index is 0.341. The molecule has 7 unspecified atom stereocenters. The highest BCUT2D eigenvalue weighted by Crippen LogP contribution is 2.31. The van der Waals surface area contributed by atoms with Gasteiger partial charge in [0.05, 0.1) is 13.0 Å². The topological polar surface area (TPSA) is 273 Å². The quantitative estimate of drug-likeness (QED) is 0.142. The Morgan fingerprint density at radius 1 is 0.822 bits per heavy atom. The van der Waals surface area contributed by atoms with Crippen molar-refractivity contribution in [3.8, 4) is 0 Å². The van der Waals surface area contributed by atoms with Crippen LogP contribution >= 0.6 is 0 Å². The molecule has 1 aromatic rings. The van der Waals surface area contributed by atoms with Crippen LogP contribution in [0.3, 0.4) is 0 Å². The number of hydrogen-bond donors (Lipinski definition) is 3. The van der Waals surface area contributed by atoms with E-state index in [2.05, 4.69) is 10.1 Å². The van der Waals surface area contributed by atoms with Crippen molar-refractivity contribution in [2.24, 2.45) is 5.73 Å². The number of aliphatic hydroxyl groups is 2. The smallest absolute Gasteiger partial charge is 0.308 e. The molecule has 0 bridgehead atoms. The molecule has 2 aliphatic rings. The largest absolute Gasteiger partial charge is 0.463 e. The molecule has 0 saturated carbocycles. The van der Waals surface area contributed by atoms with Crippen LogP contribution in [0, 0.1) is 0 Å². The predicted molar refractivity (Wildman–Crippen MR) is 138 cm³/mol. The fourth-order valence-electron chi connectivity index (χ4n) is 4.42. The molecule has 0 aromatic carbocycles. The van der Waals surface area contributed by atoms with Gasteiger partial charge in [0.25, 0.3) is 5.91 Å². The van der Waals surface area contributed by atoms with Crippen molar-refractivity contribution in [3.63, 3.8) is 0 Å². The van der Waals surface area contributed by atoms with Gasteiger partial charge in [0.15, 0.2) is 30.8 Å². The molecule has 20 heteroatoms. The van der Waals surface area contributed by atoms with Gasteiger partial charge in [-0.2, -0.15) is 0 Å². The second-order valence-corrected chi connectivity index (χ2v) is 9.83. The van der Waals surface area contributed by atoms with Gasteiger partial charge in [-0.15, -0.1) is 5.10 Å². The molecule has 1 aromatic heterocycles. The average Bonchev–Trinajstić information content (AvgIpc) is 3.54. The maximum atomic E-state index is 12.5. The van der Waals surface area contributed by atoms with E-state index >= 15 is 0 Å². The molecular formula is C25H34N4O16. The van der Waals surface area contributed by atoms with Crippen molar-refractivity contribution < 1.29 is 76.9 Å². The molecule has 0 aliphatic carbocycles. The van der Waals surface area contributed by atoms with E-state index in [0.29, 0.717) is 0 Å². The maximum Gasteiger partial charge on any atom is 0.308 e. The number of carbonyl (C=O) groups excluding carboxylic acids is 6. The molecule has 0 radical (unpaired) electrons. The Balaban J connectivity index is 1.63. The molecule has 4 N–H and O–H groups in total. The van der Waals surface area contributed by atoms with Crippen LogP contribution in [0.1, 0.15) is 51.0 Å². The minimum atomic E-state index is -1.51. The van der Waals surface area contributed by atoms with Crippen molar-refractivity contribution in [1.82, 2.24) is 14.8 Å². The predicted octanol–water partition coefficient (Wildman–Crippen LogP) is -2.97. The fourth-order valence-corrected chi connectivity index (χ4v) is 4.42. The zero-order chi connectivity index (χ0) is 33.4. The first-order valence-electron chi connectivity index (χ1n) is 13.5. The van der Waals surface area contributed by atoms with Crippen LogP contribution in [0.15, 0.2) is 6.33 Å². The van der Waals surface area contributed by atoms with Gasteiger partial charge in [-0.1, -0.05) is 0 Å². The van der Waals surface area contributed by atoms with E-state index in [1.807, 2.05) is 0 Å². The second-order valence-electron chi connectivity index (χ2n) is 9.83. The lowest BCUT2D eigenvalue weighted by Crippen LogP contribution is -2.63. The number of primary amides is 1. The van der Waals surface area contributed by atoms with Gasteiger partial charge in [-0.05, 0) is 0 Å². The summed E-state index contributed by atoms with van der Waals surface area (Å²) in [7, 11) is 0. The molecule has 45 heavy (non-hydrogen) atoms. The zero-order valence-corrected chi connectivity index (χ0v) is 24.6. The second kappa shape index (κ2) is 15.7. The summed E-state index contributed by atoms with van der Waals surface area (Å²) >= 11 is 0. The molecule has 2 fully saturated rings. The first kappa shape index (κ1) is 35.2. The zero-order valence-electron chi connectivity index (χ0n) is 24.6. The summed E-state index contributed by atoms with van der Waals surface area (Å²) in [4.78, 5) is 74.4. The monoisotopic (exact) mass is 646 g/mol. The molecule has 0 spiro atoms. The standard InChI is InChI=1S/C25H34N4O16/c1-10(30)39-8-15-19(41-11(2)31)20(42-12(3)32)21(43-13(4)33)25(45-15)38-6-5-16(34)40-7-14-17(35)18(36)24(44-14)29-9-27-23(28-29)22(26)37/h9,14-15,17-21,24-25,35-36H,5-8H2,1-4H3,(H2,26,37)/t14?,15?,17-,18-,19?,20?,21?,24?,25?/m1/s1. The number of nitrogens with zero attached hydrogens (tertiary/aromatic N) is 3. The van der Waals surface area contributed by atoms with Gasteiger partial charge >= 0.3 is 29.8 Å². The highest BCUT2D eigenvalue weighted by Gasteiger charge is 2.53. The molecule has 2 saturated heterocycles. The van der Waals surface area contributed by atoms with Gasteiger partial charge < -0.3 is 53.8 Å². The Bertz CT molecular complexity index is 1260. The normalized spacial score (nSPS) is 29.3. The highest BCUT2D eigenvalue weighted by molar-refractivity contribution is 5.88. The van der Waals surface area contributed by atoms with E-state index in [9.17, 15) is 39.0 Å². The van der Waals surface area contributed by atoms with Gasteiger partial charge in [0.1, 0.15) is 44.0 Å². The average molecular weight is 647 g/mol. The van der Waals surface area contributed by atoms with E-state index in [4.69, 9.17) is 43.6 Å². The molecule has 3 heterocycles. The molecule has 9 atom stereocenters. The highest BCUT2D eigenvalue weighted by atomic mass is 16.7. The number of esters is 5. The first-order valence-corrected chi connectivity index (χ1v) is 13.5. The van der Waals surface area contributed by atoms with E-state index in [1.54, 1.807) is 0 Å². The molecular weight excluding hydrogens is 612 g/mol. The summed E-state index contributed by atoms with van der Waals surface area (Å²) < 4.78 is 43.9. The molecule has 20 nitrogen and oxygen atoms in total. The Hall–Kier alpha value is -4.24. The van der Waals surface area contributed by atoms with Gasteiger partial charge in [0, 0.05) is 27.7 Å². The molecule has 250 valence electrons. The van der Waals surface area contributed by atoms with E-state index < -0.39 is 117 Å². The maximum absolute atomic E-state index is 12.5. The Kier molecular flexibility index (Phi) is 12.3. The summed E-state index contributed by atoms with van der Waals surface area (Å²) in [6.07, 6.45) is -11.8. The van der Waals surface area contributed by atoms with Gasteiger partial charge in [-0.25, -0.2) is 9.67 Å². The number of aliphatic hydroxyl groups excluding tert-OH is 2. The molecule has 1 amide bonds. The third-order valence-electron chi connectivity index (χ3n) is 6.27. The van der Waals surface area contributed by atoms with Crippen LogP contribution in [-0.2, 0) is 61.9 Å². The summed E-state index contributed by atoms with van der Waals surface area (Å²) in [5.74, 6) is -5.26. The Labute approximate surface area is 254 Å². The summed E-state index contributed by atoms with van der Waals surface area (Å²) in [5.41, 5.74) is 5.11. The van der Waals surface area contributed by atoms with Crippen LogP contribution in [0.2, 0.25) is 0 Å². The molecule has 2 aliphatic heterocycles. The van der Waals surface area contributed by atoms with Crippen LogP contribution in [-0.4, -0.2) is 130 Å². The van der Waals surface area contributed by atoms with E-state index in [0.717, 1.165) is 38.7 Å².